The van der Waals surface area contributed by atoms with Gasteiger partial charge in [0.05, 0.1) is 0 Å². The van der Waals surface area contributed by atoms with Crippen molar-refractivity contribution in [2.24, 2.45) is 5.92 Å². The zero-order valence-electron chi connectivity index (χ0n) is 8.53. The fourth-order valence-electron chi connectivity index (χ4n) is 1.30. The number of rotatable bonds is 7. The van der Waals surface area contributed by atoms with E-state index in [2.05, 4.69) is 13.8 Å². The average Bonchev–Trinajstić information content (AvgIpc) is 2.04. The molecule has 11 heavy (non-hydrogen) atoms. The molecule has 0 heterocycles. The molecule has 0 aliphatic heterocycles. The molecule has 0 saturated carbocycles. The van der Waals surface area contributed by atoms with Crippen LogP contribution in [-0.2, 0) is 0 Å². The molecule has 0 aromatic heterocycles. The Morgan fingerprint density at radius 1 is 1.09 bits per heavy atom. The van der Waals surface area contributed by atoms with Crippen molar-refractivity contribution in [3.8, 4) is 0 Å². The third kappa shape index (κ3) is 8.91. The van der Waals surface area contributed by atoms with Gasteiger partial charge < -0.3 is 0 Å². The number of hydrogen-bond donors (Lipinski definition) is 0. The van der Waals surface area contributed by atoms with E-state index >= 15 is 0 Å². The summed E-state index contributed by atoms with van der Waals surface area (Å²) < 4.78 is 1.49. The molecule has 0 radical (unpaired) electrons. The summed E-state index contributed by atoms with van der Waals surface area (Å²) in [5.74, 6) is 1.02. The van der Waals surface area contributed by atoms with Crippen molar-refractivity contribution in [1.82, 2.24) is 0 Å². The third-order valence-electron chi connectivity index (χ3n) is 2.50. The molecular formula is C10H21Na. The van der Waals surface area contributed by atoms with Crippen molar-refractivity contribution in [1.29, 1.82) is 0 Å². The van der Waals surface area contributed by atoms with Crippen molar-refractivity contribution >= 4 is 27.9 Å². The molecule has 0 aromatic carbocycles. The summed E-state index contributed by atoms with van der Waals surface area (Å²) in [5.41, 5.74) is 0. The van der Waals surface area contributed by atoms with E-state index in [1.54, 1.807) is 0 Å². The van der Waals surface area contributed by atoms with Crippen LogP contribution in [0.3, 0.4) is 0 Å². The van der Waals surface area contributed by atoms with Crippen LogP contribution in [0.1, 0.15) is 52.4 Å². The van der Waals surface area contributed by atoms with Crippen LogP contribution in [0.5, 0.6) is 0 Å². The van der Waals surface area contributed by atoms with Gasteiger partial charge in [-0.15, -0.1) is 0 Å². The topological polar surface area (TPSA) is 0 Å². The minimum atomic E-state index is 1.02. The summed E-state index contributed by atoms with van der Waals surface area (Å²) in [7, 11) is 0. The standard InChI is InChI=1S/C10H21.Na/c1-4-5-6-7-8-9-10(2)3;/h10H,2,4-9H2,1,3H3;. The van der Waals surface area contributed by atoms with E-state index in [1.807, 2.05) is 0 Å². The second-order valence-corrected chi connectivity index (χ2v) is 4.53. The van der Waals surface area contributed by atoms with E-state index in [9.17, 15) is 0 Å². The summed E-state index contributed by atoms with van der Waals surface area (Å²) in [5, 5.41) is 0. The Morgan fingerprint density at radius 3 is 2.27 bits per heavy atom. The van der Waals surface area contributed by atoms with E-state index < -0.39 is 0 Å². The predicted octanol–water partition coefficient (Wildman–Crippen LogP) is 3.57. The van der Waals surface area contributed by atoms with E-state index in [4.69, 9.17) is 0 Å². The van der Waals surface area contributed by atoms with Gasteiger partial charge in [0, 0.05) is 0 Å². The molecule has 0 amide bonds. The Bertz CT molecular complexity index is 71.3. The Labute approximate surface area is 89.6 Å². The molecule has 0 N–H and O–H groups in total. The molecule has 0 spiro atoms. The molecule has 0 rings (SSSR count). The molecule has 0 aliphatic carbocycles. The first-order valence-electron chi connectivity index (χ1n) is 5.31. The van der Waals surface area contributed by atoms with Crippen molar-refractivity contribution in [3.63, 3.8) is 0 Å². The van der Waals surface area contributed by atoms with Crippen molar-refractivity contribution in [2.75, 3.05) is 0 Å². The van der Waals surface area contributed by atoms with Crippen molar-refractivity contribution in [3.05, 3.63) is 0 Å². The van der Waals surface area contributed by atoms with Crippen LogP contribution >= 0.6 is 0 Å². The first-order valence-corrected chi connectivity index (χ1v) is 6.72. The zero-order chi connectivity index (χ0) is 8.53. The molecule has 62 valence electrons. The van der Waals surface area contributed by atoms with Gasteiger partial charge in [0.2, 0.25) is 0 Å². The Hall–Kier alpha value is 1.00. The maximum absolute atomic E-state index is 2.40. The molecule has 1 unspecified atom stereocenters. The molecule has 0 bridgehead atoms. The maximum atomic E-state index is 2.40. The number of hydrogen-bond acceptors (Lipinski definition) is 0. The molecule has 0 nitrogen and oxygen atoms in total. The summed E-state index contributed by atoms with van der Waals surface area (Å²) >= 11 is 1.39. The first-order chi connectivity index (χ1) is 5.31. The molecular weight excluding hydrogens is 143 g/mol. The Morgan fingerprint density at radius 2 is 1.73 bits per heavy atom. The average molecular weight is 164 g/mol. The molecule has 0 aliphatic rings. The minimum absolute atomic E-state index is 1.02. The molecule has 1 heteroatoms. The summed E-state index contributed by atoms with van der Waals surface area (Å²) in [4.78, 5) is 0. The van der Waals surface area contributed by atoms with E-state index in [0.29, 0.717) is 0 Å². The second kappa shape index (κ2) is 9.09. The normalized spacial score (nSPS) is 13.5. The molecule has 0 aromatic rings. The van der Waals surface area contributed by atoms with Gasteiger partial charge in [-0.05, 0) is 0 Å². The summed E-state index contributed by atoms with van der Waals surface area (Å²) in [6.45, 7) is 4.67. The summed E-state index contributed by atoms with van der Waals surface area (Å²) in [6, 6.07) is 0. The van der Waals surface area contributed by atoms with Crippen LogP contribution < -0.4 is 0 Å². The fourth-order valence-corrected chi connectivity index (χ4v) is 1.71. The summed E-state index contributed by atoms with van der Waals surface area (Å²) in [6.07, 6.45) is 8.70. The van der Waals surface area contributed by atoms with Crippen molar-refractivity contribution in [2.45, 2.75) is 56.0 Å². The van der Waals surface area contributed by atoms with Crippen LogP contribution in [-0.4, -0.2) is 27.9 Å². The molecule has 0 saturated heterocycles. The molecule has 0 fully saturated rings. The van der Waals surface area contributed by atoms with Gasteiger partial charge in [-0.1, -0.05) is 0 Å². The monoisotopic (exact) mass is 164 g/mol. The van der Waals surface area contributed by atoms with E-state index in [1.165, 1.54) is 70.1 Å². The first kappa shape index (κ1) is 12.0. The van der Waals surface area contributed by atoms with Gasteiger partial charge in [0.15, 0.2) is 0 Å². The van der Waals surface area contributed by atoms with Gasteiger partial charge in [-0.3, -0.25) is 0 Å². The second-order valence-electron chi connectivity index (χ2n) is 3.72. The Kier molecular flexibility index (Phi) is 9.92. The third-order valence-corrected chi connectivity index (χ3v) is 3.89. The van der Waals surface area contributed by atoms with E-state index in [-0.39, 0.29) is 0 Å². The van der Waals surface area contributed by atoms with Gasteiger partial charge in [-0.2, -0.15) is 0 Å². The Balaban J connectivity index is 2.89. The van der Waals surface area contributed by atoms with Crippen molar-refractivity contribution < 1.29 is 0 Å². The SMILES string of the molecule is CCCCCCCC(C)[CH2][Na]. The molecule has 1 atom stereocenters. The van der Waals surface area contributed by atoms with Crippen LogP contribution in [0, 0.1) is 5.92 Å². The van der Waals surface area contributed by atoms with Gasteiger partial charge >= 0.3 is 89.9 Å². The fraction of sp³-hybridized carbons (Fsp3) is 1.00. The van der Waals surface area contributed by atoms with Gasteiger partial charge in [0.25, 0.3) is 0 Å². The van der Waals surface area contributed by atoms with Crippen LogP contribution in [0.2, 0.25) is 3.67 Å². The van der Waals surface area contributed by atoms with Gasteiger partial charge in [-0.25, -0.2) is 0 Å². The quantitative estimate of drug-likeness (QED) is 0.398. The number of unbranched alkanes of at least 4 members (excludes halogenated alkanes) is 4. The van der Waals surface area contributed by atoms with Gasteiger partial charge in [0.1, 0.15) is 0 Å². The van der Waals surface area contributed by atoms with Crippen LogP contribution in [0.15, 0.2) is 0 Å². The van der Waals surface area contributed by atoms with Crippen LogP contribution in [0.4, 0.5) is 0 Å². The zero-order valence-corrected chi connectivity index (χ0v) is 10.5. The van der Waals surface area contributed by atoms with E-state index in [0.717, 1.165) is 5.92 Å². The predicted molar refractivity (Wildman–Crippen MR) is 53.1 cm³/mol. The van der Waals surface area contributed by atoms with Crippen LogP contribution in [0.25, 0.3) is 0 Å².